The molecule has 0 bridgehead atoms. The third kappa shape index (κ3) is 3.27. The maximum absolute atomic E-state index is 6.57. The Morgan fingerprint density at radius 1 is 0.818 bits per heavy atom. The SMILES string of the molecule is Cc1sc2ccccc2c1-c1cc2ccnc(-c3cc(C(C)(C)C)c4ccccc4c3)c2o1. The van der Waals surface area contributed by atoms with Crippen LogP contribution in [0, 0.1) is 6.92 Å². The molecule has 0 aliphatic carbocycles. The summed E-state index contributed by atoms with van der Waals surface area (Å²) in [6.45, 7) is 8.97. The molecule has 3 aromatic carbocycles. The Kier molecular flexibility index (Phi) is 4.46. The average Bonchev–Trinajstić information content (AvgIpc) is 3.37. The second-order valence-corrected chi connectivity index (χ2v) is 11.0. The van der Waals surface area contributed by atoms with Crippen LogP contribution in [0.4, 0.5) is 0 Å². The van der Waals surface area contributed by atoms with Crippen molar-refractivity contribution >= 4 is 43.2 Å². The minimum Gasteiger partial charge on any atom is -0.454 e. The van der Waals surface area contributed by atoms with Crippen LogP contribution in [0.25, 0.3) is 54.4 Å². The first kappa shape index (κ1) is 20.2. The van der Waals surface area contributed by atoms with Crippen LogP contribution in [-0.4, -0.2) is 4.98 Å². The monoisotopic (exact) mass is 447 g/mol. The van der Waals surface area contributed by atoms with Crippen LogP contribution in [-0.2, 0) is 5.41 Å². The Bertz CT molecular complexity index is 1660. The normalized spacial score (nSPS) is 12.2. The third-order valence-electron chi connectivity index (χ3n) is 6.39. The van der Waals surface area contributed by atoms with Crippen LogP contribution in [0.2, 0.25) is 0 Å². The summed E-state index contributed by atoms with van der Waals surface area (Å²) in [6, 6.07) is 25.9. The van der Waals surface area contributed by atoms with E-state index >= 15 is 0 Å². The van der Waals surface area contributed by atoms with E-state index < -0.39 is 0 Å². The van der Waals surface area contributed by atoms with Gasteiger partial charge in [0.05, 0.1) is 0 Å². The summed E-state index contributed by atoms with van der Waals surface area (Å²) >= 11 is 1.81. The molecule has 0 N–H and O–H groups in total. The van der Waals surface area contributed by atoms with E-state index in [-0.39, 0.29) is 5.41 Å². The fraction of sp³-hybridized carbons (Fsp3) is 0.167. The van der Waals surface area contributed by atoms with Crippen LogP contribution in [0.15, 0.2) is 83.4 Å². The summed E-state index contributed by atoms with van der Waals surface area (Å²) in [5.41, 5.74) is 5.36. The largest absolute Gasteiger partial charge is 0.454 e. The zero-order valence-corrected chi connectivity index (χ0v) is 20.1. The first-order valence-electron chi connectivity index (χ1n) is 11.3. The molecule has 33 heavy (non-hydrogen) atoms. The maximum Gasteiger partial charge on any atom is 0.161 e. The second kappa shape index (κ2) is 7.29. The number of pyridine rings is 1. The molecule has 0 spiro atoms. The summed E-state index contributed by atoms with van der Waals surface area (Å²) in [5, 5.41) is 4.84. The Balaban J connectivity index is 1.60. The molecule has 0 radical (unpaired) electrons. The van der Waals surface area contributed by atoms with Gasteiger partial charge in [-0.1, -0.05) is 63.2 Å². The number of nitrogens with zero attached hydrogens (tertiary/aromatic N) is 1. The number of aryl methyl sites for hydroxylation is 1. The molecule has 0 fully saturated rings. The summed E-state index contributed by atoms with van der Waals surface area (Å²) < 4.78 is 7.85. The number of benzene rings is 3. The number of aromatic nitrogens is 1. The molecule has 162 valence electrons. The Morgan fingerprint density at radius 3 is 2.39 bits per heavy atom. The predicted octanol–water partition coefficient (Wildman–Crippen LogP) is 9.14. The number of furan rings is 1. The Morgan fingerprint density at radius 2 is 1.58 bits per heavy atom. The van der Waals surface area contributed by atoms with E-state index in [9.17, 15) is 0 Å². The van der Waals surface area contributed by atoms with Crippen molar-refractivity contribution in [3.8, 4) is 22.6 Å². The van der Waals surface area contributed by atoms with E-state index in [2.05, 4.69) is 94.4 Å². The summed E-state index contributed by atoms with van der Waals surface area (Å²) in [5.74, 6) is 0.908. The number of hydrogen-bond acceptors (Lipinski definition) is 3. The molecule has 0 saturated heterocycles. The molecule has 6 aromatic rings. The molecule has 3 heteroatoms. The molecular weight excluding hydrogens is 422 g/mol. The lowest BCUT2D eigenvalue weighted by molar-refractivity contribution is 0.596. The number of hydrogen-bond donors (Lipinski definition) is 0. The molecule has 0 aliphatic rings. The highest BCUT2D eigenvalue weighted by atomic mass is 32.1. The van der Waals surface area contributed by atoms with Gasteiger partial charge in [-0.25, -0.2) is 0 Å². The zero-order valence-electron chi connectivity index (χ0n) is 19.3. The average molecular weight is 448 g/mol. The molecule has 3 heterocycles. The van der Waals surface area contributed by atoms with Crippen LogP contribution in [0.5, 0.6) is 0 Å². The zero-order chi connectivity index (χ0) is 22.7. The van der Waals surface area contributed by atoms with Crippen LogP contribution in [0.3, 0.4) is 0 Å². The van der Waals surface area contributed by atoms with Crippen molar-refractivity contribution < 1.29 is 4.42 Å². The Hall–Kier alpha value is -3.43. The highest BCUT2D eigenvalue weighted by Crippen LogP contribution is 2.42. The third-order valence-corrected chi connectivity index (χ3v) is 7.48. The highest BCUT2D eigenvalue weighted by Gasteiger charge is 2.21. The molecular formula is C30H25NOS. The van der Waals surface area contributed by atoms with Gasteiger partial charge >= 0.3 is 0 Å². The topological polar surface area (TPSA) is 26.0 Å². The maximum atomic E-state index is 6.57. The molecule has 0 unspecified atom stereocenters. The van der Waals surface area contributed by atoms with E-state index in [0.717, 1.165) is 28.0 Å². The van der Waals surface area contributed by atoms with E-state index in [1.54, 1.807) is 0 Å². The van der Waals surface area contributed by atoms with E-state index in [4.69, 9.17) is 9.40 Å². The van der Waals surface area contributed by atoms with Gasteiger partial charge in [0.1, 0.15) is 11.5 Å². The smallest absolute Gasteiger partial charge is 0.161 e. The lowest BCUT2D eigenvalue weighted by Gasteiger charge is -2.22. The van der Waals surface area contributed by atoms with Gasteiger partial charge in [0.2, 0.25) is 0 Å². The minimum absolute atomic E-state index is 0.0184. The van der Waals surface area contributed by atoms with Crippen molar-refractivity contribution in [2.75, 3.05) is 0 Å². The first-order chi connectivity index (χ1) is 15.9. The van der Waals surface area contributed by atoms with Gasteiger partial charge in [-0.2, -0.15) is 0 Å². The minimum atomic E-state index is 0.0184. The first-order valence-corrected chi connectivity index (χ1v) is 12.1. The molecule has 6 rings (SSSR count). The van der Waals surface area contributed by atoms with Gasteiger partial charge in [0.25, 0.3) is 0 Å². The van der Waals surface area contributed by atoms with Crippen molar-refractivity contribution in [2.45, 2.75) is 33.1 Å². The fourth-order valence-corrected chi connectivity index (χ4v) is 5.90. The molecule has 2 nitrogen and oxygen atoms in total. The van der Waals surface area contributed by atoms with Crippen molar-refractivity contribution in [3.05, 3.63) is 89.4 Å². The van der Waals surface area contributed by atoms with Gasteiger partial charge in [0, 0.05) is 37.7 Å². The summed E-state index contributed by atoms with van der Waals surface area (Å²) in [4.78, 5) is 6.06. The standard InChI is InChI=1S/C30H25NOS/c1-18-27(23-11-7-8-12-26(23)33-18)25-17-20-13-14-31-28(29(20)32-25)21-15-19-9-5-6-10-22(19)24(16-21)30(2,3)4/h5-17H,1-4H3. The van der Waals surface area contributed by atoms with Crippen molar-refractivity contribution in [2.24, 2.45) is 0 Å². The second-order valence-electron chi connectivity index (χ2n) is 9.71. The number of fused-ring (bicyclic) bond motifs is 3. The van der Waals surface area contributed by atoms with Gasteiger partial charge < -0.3 is 4.42 Å². The summed E-state index contributed by atoms with van der Waals surface area (Å²) in [6.07, 6.45) is 1.89. The van der Waals surface area contributed by atoms with Gasteiger partial charge in [-0.05, 0) is 59.0 Å². The number of thiophene rings is 1. The van der Waals surface area contributed by atoms with E-state index in [0.29, 0.717) is 0 Å². The van der Waals surface area contributed by atoms with E-state index in [1.165, 1.54) is 36.9 Å². The molecule has 0 aliphatic heterocycles. The van der Waals surface area contributed by atoms with Gasteiger partial charge in [-0.3, -0.25) is 4.98 Å². The lowest BCUT2D eigenvalue weighted by Crippen LogP contribution is -2.12. The van der Waals surface area contributed by atoms with Crippen molar-refractivity contribution in [1.29, 1.82) is 0 Å². The van der Waals surface area contributed by atoms with Crippen LogP contribution < -0.4 is 0 Å². The van der Waals surface area contributed by atoms with Crippen molar-refractivity contribution in [1.82, 2.24) is 4.98 Å². The lowest BCUT2D eigenvalue weighted by atomic mass is 9.82. The van der Waals surface area contributed by atoms with Gasteiger partial charge in [0.15, 0.2) is 5.58 Å². The predicted molar refractivity (Wildman–Crippen MR) is 141 cm³/mol. The van der Waals surface area contributed by atoms with Crippen molar-refractivity contribution in [3.63, 3.8) is 0 Å². The van der Waals surface area contributed by atoms with Gasteiger partial charge in [-0.15, -0.1) is 11.3 Å². The summed E-state index contributed by atoms with van der Waals surface area (Å²) in [7, 11) is 0. The quantitative estimate of drug-likeness (QED) is 0.264. The molecule has 3 aromatic heterocycles. The highest BCUT2D eigenvalue weighted by molar-refractivity contribution is 7.19. The molecule has 0 saturated carbocycles. The molecule has 0 amide bonds. The molecule has 0 atom stereocenters. The van der Waals surface area contributed by atoms with Crippen LogP contribution >= 0.6 is 11.3 Å². The fourth-order valence-electron chi connectivity index (χ4n) is 4.84. The number of rotatable bonds is 2. The van der Waals surface area contributed by atoms with Crippen LogP contribution in [0.1, 0.15) is 31.2 Å². The van der Waals surface area contributed by atoms with E-state index in [1.807, 2.05) is 23.6 Å². The Labute approximate surface area is 197 Å².